The molecule has 60 heavy (non-hydrogen) atoms. The quantitative estimate of drug-likeness (QED) is 0.120. The van der Waals surface area contributed by atoms with E-state index in [1.165, 1.54) is 12.0 Å². The summed E-state index contributed by atoms with van der Waals surface area (Å²) in [5, 5.41) is 5.99. The standard InChI is InChI=1S/C48H69N5O7/c1-30(2)33(6)52-26-16-15-20-38(52)44(56)50-42(48(7,8)9)46(58)51(10)40(31(3)4)28-32(5)45(57)53-27-17-21-39(53)43(55)49-37(47(59)60-11)29-34-22-24-36(25-23-34)41(54)35-18-13-12-14-19-35/h12-14,18-19,22-25,28,30-31,33,37-40,42H,15-17,20-21,26-27,29H2,1-11H3,(H,49,55)(H,50,56)/b32-28+/t33?,37-,38?,39-,40+,42+/m0/s1. The first kappa shape index (κ1) is 47.8. The monoisotopic (exact) mass is 828 g/mol. The van der Waals surface area contributed by atoms with Crippen molar-refractivity contribution in [3.05, 3.63) is 82.9 Å². The Balaban J connectivity index is 1.47. The van der Waals surface area contributed by atoms with Gasteiger partial charge in [0.05, 0.1) is 19.2 Å². The third-order valence-electron chi connectivity index (χ3n) is 12.3. The highest BCUT2D eigenvalue weighted by Gasteiger charge is 2.41. The Morgan fingerprint density at radius 1 is 0.800 bits per heavy atom. The van der Waals surface area contributed by atoms with Gasteiger partial charge in [-0.15, -0.1) is 0 Å². The molecule has 12 nitrogen and oxygen atoms in total. The second-order valence-corrected chi connectivity index (χ2v) is 18.4. The van der Waals surface area contributed by atoms with Gasteiger partial charge in [0.1, 0.15) is 18.1 Å². The van der Waals surface area contributed by atoms with Crippen molar-refractivity contribution in [2.45, 2.75) is 137 Å². The summed E-state index contributed by atoms with van der Waals surface area (Å²) >= 11 is 0. The van der Waals surface area contributed by atoms with E-state index in [-0.39, 0.29) is 47.9 Å². The van der Waals surface area contributed by atoms with Gasteiger partial charge in [0.2, 0.25) is 23.6 Å². The molecular formula is C48H69N5O7. The summed E-state index contributed by atoms with van der Waals surface area (Å²) in [6.07, 6.45) is 5.68. The van der Waals surface area contributed by atoms with Crippen molar-refractivity contribution in [3.63, 3.8) is 0 Å². The summed E-state index contributed by atoms with van der Waals surface area (Å²) in [6.45, 7) is 19.2. The highest BCUT2D eigenvalue weighted by atomic mass is 16.5. The number of hydrogen-bond acceptors (Lipinski definition) is 8. The fourth-order valence-electron chi connectivity index (χ4n) is 8.32. The molecule has 328 valence electrons. The zero-order chi connectivity index (χ0) is 44.5. The van der Waals surface area contributed by atoms with Crippen molar-refractivity contribution in [3.8, 4) is 0 Å². The fraction of sp³-hybridized carbons (Fsp3) is 0.583. The molecule has 4 amide bonds. The number of benzene rings is 2. The lowest BCUT2D eigenvalue weighted by atomic mass is 9.84. The number of nitrogens with one attached hydrogen (secondary N) is 2. The highest BCUT2D eigenvalue weighted by Crippen LogP contribution is 2.28. The number of carbonyl (C=O) groups excluding carboxylic acids is 6. The Labute approximate surface area is 357 Å². The lowest BCUT2D eigenvalue weighted by Gasteiger charge is -2.42. The SMILES string of the molecule is COC(=O)[C@H](Cc1ccc(C(=O)c2ccccc2)cc1)NC(=O)[C@@H]1CCCN1C(=O)/C(C)=C/[C@H](C(C)C)N(C)C(=O)[C@@H](NC(=O)C1CCCCN1C(C)C(C)C)C(C)(C)C. The molecule has 4 rings (SSSR count). The minimum atomic E-state index is -1.02. The van der Waals surface area contributed by atoms with Gasteiger partial charge in [-0.1, -0.05) is 116 Å². The van der Waals surface area contributed by atoms with Crippen LogP contribution in [0.25, 0.3) is 0 Å². The first-order chi connectivity index (χ1) is 28.3. The molecule has 6 atom stereocenters. The van der Waals surface area contributed by atoms with Gasteiger partial charge in [0, 0.05) is 42.8 Å². The number of esters is 1. The summed E-state index contributed by atoms with van der Waals surface area (Å²) in [5.74, 6) is -1.61. The summed E-state index contributed by atoms with van der Waals surface area (Å²) in [5.41, 5.74) is 1.58. The molecular weight excluding hydrogens is 759 g/mol. The minimum absolute atomic E-state index is 0.0808. The van der Waals surface area contributed by atoms with Crippen LogP contribution in [-0.4, -0.2) is 114 Å². The maximum absolute atomic E-state index is 14.4. The second-order valence-electron chi connectivity index (χ2n) is 18.4. The number of nitrogens with zero attached hydrogens (tertiary/aromatic N) is 3. The molecule has 2 N–H and O–H groups in total. The second kappa shape index (κ2) is 21.1. The van der Waals surface area contributed by atoms with Crippen LogP contribution in [0, 0.1) is 17.3 Å². The third-order valence-corrected chi connectivity index (χ3v) is 12.3. The Morgan fingerprint density at radius 3 is 1.98 bits per heavy atom. The van der Waals surface area contributed by atoms with Crippen molar-refractivity contribution in [1.29, 1.82) is 0 Å². The van der Waals surface area contributed by atoms with E-state index in [9.17, 15) is 28.8 Å². The van der Waals surface area contributed by atoms with Crippen LogP contribution in [0.15, 0.2) is 66.2 Å². The van der Waals surface area contributed by atoms with Crippen LogP contribution in [0.5, 0.6) is 0 Å². The van der Waals surface area contributed by atoms with Crippen LogP contribution in [0.4, 0.5) is 0 Å². The number of ether oxygens (including phenoxy) is 1. The van der Waals surface area contributed by atoms with Crippen LogP contribution in [0.1, 0.15) is 116 Å². The molecule has 2 aromatic rings. The molecule has 2 fully saturated rings. The molecule has 0 spiro atoms. The largest absolute Gasteiger partial charge is 0.467 e. The van der Waals surface area contributed by atoms with Gasteiger partial charge in [-0.3, -0.25) is 28.9 Å². The van der Waals surface area contributed by atoms with E-state index in [2.05, 4.69) is 36.3 Å². The predicted molar refractivity (Wildman–Crippen MR) is 234 cm³/mol. The molecule has 2 aliphatic heterocycles. The van der Waals surface area contributed by atoms with Crippen molar-refractivity contribution in [2.75, 3.05) is 27.2 Å². The van der Waals surface area contributed by atoms with Gasteiger partial charge in [-0.25, -0.2) is 4.79 Å². The number of piperidine rings is 1. The minimum Gasteiger partial charge on any atom is -0.467 e. The Hall–Kier alpha value is -4.84. The number of likely N-dealkylation sites (N-methyl/N-ethyl adjacent to an activating group) is 1. The molecule has 2 saturated heterocycles. The molecule has 0 saturated carbocycles. The molecule has 0 radical (unpaired) electrons. The molecule has 0 bridgehead atoms. The average molecular weight is 828 g/mol. The summed E-state index contributed by atoms with van der Waals surface area (Å²) < 4.78 is 5.05. The van der Waals surface area contributed by atoms with Crippen LogP contribution >= 0.6 is 0 Å². The van der Waals surface area contributed by atoms with Crippen molar-refractivity contribution >= 4 is 35.4 Å². The normalized spacial score (nSPS) is 19.6. The van der Waals surface area contributed by atoms with Gasteiger partial charge in [0.25, 0.3) is 0 Å². The van der Waals surface area contributed by atoms with E-state index < -0.39 is 41.5 Å². The smallest absolute Gasteiger partial charge is 0.328 e. The van der Waals surface area contributed by atoms with E-state index in [0.29, 0.717) is 42.0 Å². The highest BCUT2D eigenvalue weighted by molar-refractivity contribution is 6.09. The maximum atomic E-state index is 14.4. The molecule has 2 aromatic carbocycles. The van der Waals surface area contributed by atoms with Crippen LogP contribution in [-0.2, 0) is 35.1 Å². The van der Waals surface area contributed by atoms with Crippen LogP contribution in [0.3, 0.4) is 0 Å². The van der Waals surface area contributed by atoms with E-state index in [1.807, 2.05) is 40.7 Å². The summed E-state index contributed by atoms with van der Waals surface area (Å²) in [4.78, 5) is 87.6. The van der Waals surface area contributed by atoms with Crippen molar-refractivity contribution in [1.82, 2.24) is 25.3 Å². The van der Waals surface area contributed by atoms with E-state index in [0.717, 1.165) is 31.4 Å². The maximum Gasteiger partial charge on any atom is 0.328 e. The van der Waals surface area contributed by atoms with E-state index >= 15 is 0 Å². The number of carbonyl (C=O) groups is 6. The molecule has 2 aliphatic rings. The first-order valence-electron chi connectivity index (χ1n) is 21.7. The lowest BCUT2D eigenvalue weighted by molar-refractivity contribution is -0.146. The van der Waals surface area contributed by atoms with Gasteiger partial charge in [-0.2, -0.15) is 0 Å². The van der Waals surface area contributed by atoms with E-state index in [4.69, 9.17) is 4.74 Å². The zero-order valence-corrected chi connectivity index (χ0v) is 37.7. The summed E-state index contributed by atoms with van der Waals surface area (Å²) in [6, 6.07) is 12.6. The molecule has 2 heterocycles. The Kier molecular flexibility index (Phi) is 16.8. The van der Waals surface area contributed by atoms with Gasteiger partial charge in [0.15, 0.2) is 5.78 Å². The number of rotatable bonds is 16. The average Bonchev–Trinajstić information content (AvgIpc) is 3.73. The number of likely N-dealkylation sites (tertiary alicyclic amines) is 2. The number of ketones is 1. The molecule has 12 heteroatoms. The lowest BCUT2D eigenvalue weighted by Crippen LogP contribution is -2.61. The Morgan fingerprint density at radius 2 is 1.40 bits per heavy atom. The van der Waals surface area contributed by atoms with Gasteiger partial charge < -0.3 is 25.2 Å². The number of hydrogen-bond donors (Lipinski definition) is 2. The topological polar surface area (TPSA) is 145 Å². The molecule has 0 aliphatic carbocycles. The van der Waals surface area contributed by atoms with Crippen molar-refractivity contribution < 1.29 is 33.5 Å². The molecule has 2 unspecified atom stereocenters. The van der Waals surface area contributed by atoms with E-state index in [1.54, 1.807) is 73.5 Å². The van der Waals surface area contributed by atoms with Crippen molar-refractivity contribution in [2.24, 2.45) is 17.3 Å². The van der Waals surface area contributed by atoms with Gasteiger partial charge in [-0.05, 0) is 68.9 Å². The van der Waals surface area contributed by atoms with Crippen LogP contribution < -0.4 is 10.6 Å². The number of amides is 4. The zero-order valence-electron chi connectivity index (χ0n) is 37.7. The molecule has 0 aromatic heterocycles. The van der Waals surface area contributed by atoms with Gasteiger partial charge >= 0.3 is 5.97 Å². The fourth-order valence-corrected chi connectivity index (χ4v) is 8.32. The predicted octanol–water partition coefficient (Wildman–Crippen LogP) is 5.97. The Bertz CT molecular complexity index is 1850. The first-order valence-corrected chi connectivity index (χ1v) is 21.7. The van der Waals surface area contributed by atoms with Crippen LogP contribution in [0.2, 0.25) is 0 Å². The number of methoxy groups -OCH3 is 1. The summed E-state index contributed by atoms with van der Waals surface area (Å²) in [7, 11) is 2.97. The third kappa shape index (κ3) is 11.9.